The number of nitrogens with one attached hydrogen (secondary N) is 2. The Balaban J connectivity index is 2.46. The van der Waals surface area contributed by atoms with Gasteiger partial charge in [0.05, 0.1) is 6.54 Å². The standard InChI is InChI=1S/C11H16BrN3O2/c1-3-15(4-2)10(16)7-14-11(17)9-5-8(12)6-13-9/h5-6,13H,3-4,7H2,1-2H3,(H,14,17). The zero-order valence-corrected chi connectivity index (χ0v) is 11.5. The monoisotopic (exact) mass is 301 g/mol. The quantitative estimate of drug-likeness (QED) is 0.863. The van der Waals surface area contributed by atoms with Crippen LogP contribution in [0.15, 0.2) is 16.7 Å². The summed E-state index contributed by atoms with van der Waals surface area (Å²) in [7, 11) is 0. The smallest absolute Gasteiger partial charge is 0.268 e. The first-order chi connectivity index (χ1) is 8.08. The largest absolute Gasteiger partial charge is 0.356 e. The second-order valence-electron chi connectivity index (χ2n) is 3.48. The third-order valence-electron chi connectivity index (χ3n) is 2.41. The minimum absolute atomic E-state index is 0.0250. The number of halogens is 1. The number of carbonyl (C=O) groups is 2. The van der Waals surface area contributed by atoms with Gasteiger partial charge in [-0.3, -0.25) is 9.59 Å². The van der Waals surface area contributed by atoms with Crippen molar-refractivity contribution < 1.29 is 9.59 Å². The second kappa shape index (κ2) is 6.44. The fourth-order valence-electron chi connectivity index (χ4n) is 1.44. The van der Waals surface area contributed by atoms with Crippen LogP contribution in [-0.4, -0.2) is 41.3 Å². The molecule has 0 aliphatic heterocycles. The molecule has 0 aliphatic rings. The molecule has 0 aromatic carbocycles. The maximum absolute atomic E-state index is 11.6. The van der Waals surface area contributed by atoms with Crippen LogP contribution >= 0.6 is 15.9 Å². The van der Waals surface area contributed by atoms with Crippen LogP contribution in [0.3, 0.4) is 0 Å². The summed E-state index contributed by atoms with van der Waals surface area (Å²) in [6.45, 7) is 5.15. The highest BCUT2D eigenvalue weighted by molar-refractivity contribution is 9.10. The van der Waals surface area contributed by atoms with Gasteiger partial charge in [-0.25, -0.2) is 0 Å². The predicted molar refractivity (Wildman–Crippen MR) is 68.8 cm³/mol. The van der Waals surface area contributed by atoms with Crippen LogP contribution in [0.2, 0.25) is 0 Å². The van der Waals surface area contributed by atoms with E-state index in [0.29, 0.717) is 18.8 Å². The molecular formula is C11H16BrN3O2. The summed E-state index contributed by atoms with van der Waals surface area (Å²) >= 11 is 3.24. The summed E-state index contributed by atoms with van der Waals surface area (Å²) in [5.74, 6) is -0.356. The normalized spacial score (nSPS) is 10.1. The Hall–Kier alpha value is -1.30. The third kappa shape index (κ3) is 3.89. The lowest BCUT2D eigenvalue weighted by atomic mass is 10.4. The van der Waals surface area contributed by atoms with E-state index in [9.17, 15) is 9.59 Å². The average Bonchev–Trinajstić information content (AvgIpc) is 2.74. The zero-order chi connectivity index (χ0) is 12.8. The summed E-state index contributed by atoms with van der Waals surface area (Å²) < 4.78 is 0.803. The third-order valence-corrected chi connectivity index (χ3v) is 2.87. The van der Waals surface area contributed by atoms with E-state index in [0.717, 1.165) is 4.47 Å². The van der Waals surface area contributed by atoms with E-state index >= 15 is 0 Å². The minimum Gasteiger partial charge on any atom is -0.356 e. The molecule has 0 atom stereocenters. The van der Waals surface area contributed by atoms with Crippen molar-refractivity contribution in [2.45, 2.75) is 13.8 Å². The summed E-state index contributed by atoms with van der Waals surface area (Å²) in [4.78, 5) is 27.7. The Morgan fingerprint density at radius 1 is 1.41 bits per heavy atom. The van der Waals surface area contributed by atoms with Crippen molar-refractivity contribution in [1.82, 2.24) is 15.2 Å². The molecule has 0 saturated carbocycles. The molecule has 5 nitrogen and oxygen atoms in total. The molecule has 0 fully saturated rings. The molecule has 6 heteroatoms. The number of likely N-dealkylation sites (N-methyl/N-ethyl adjacent to an activating group) is 1. The van der Waals surface area contributed by atoms with Crippen LogP contribution in [0, 0.1) is 0 Å². The van der Waals surface area contributed by atoms with E-state index in [-0.39, 0.29) is 18.4 Å². The lowest BCUT2D eigenvalue weighted by molar-refractivity contribution is -0.129. The van der Waals surface area contributed by atoms with Gasteiger partial charge in [0, 0.05) is 23.8 Å². The van der Waals surface area contributed by atoms with Crippen molar-refractivity contribution in [3.8, 4) is 0 Å². The molecule has 0 spiro atoms. The van der Waals surface area contributed by atoms with Gasteiger partial charge in [0.1, 0.15) is 5.69 Å². The number of nitrogens with zero attached hydrogens (tertiary/aromatic N) is 1. The summed E-state index contributed by atoms with van der Waals surface area (Å²) in [5, 5.41) is 2.58. The van der Waals surface area contributed by atoms with Crippen LogP contribution in [0.25, 0.3) is 0 Å². The Labute approximate surface area is 109 Å². The van der Waals surface area contributed by atoms with Crippen molar-refractivity contribution in [2.75, 3.05) is 19.6 Å². The maximum Gasteiger partial charge on any atom is 0.268 e. The lowest BCUT2D eigenvalue weighted by Crippen LogP contribution is -2.40. The zero-order valence-electron chi connectivity index (χ0n) is 9.92. The second-order valence-corrected chi connectivity index (χ2v) is 4.40. The summed E-state index contributed by atoms with van der Waals surface area (Å²) in [5.41, 5.74) is 0.434. The topological polar surface area (TPSA) is 65.2 Å². The fourth-order valence-corrected chi connectivity index (χ4v) is 1.78. The van der Waals surface area contributed by atoms with E-state index in [1.54, 1.807) is 17.2 Å². The molecule has 0 aliphatic carbocycles. The molecule has 0 unspecified atom stereocenters. The van der Waals surface area contributed by atoms with Gasteiger partial charge in [0.15, 0.2) is 0 Å². The first-order valence-electron chi connectivity index (χ1n) is 5.48. The number of H-pyrrole nitrogens is 1. The Bertz CT molecular complexity index is 399. The average molecular weight is 302 g/mol. The van der Waals surface area contributed by atoms with Crippen LogP contribution < -0.4 is 5.32 Å². The highest BCUT2D eigenvalue weighted by atomic mass is 79.9. The molecule has 0 radical (unpaired) electrons. The van der Waals surface area contributed by atoms with E-state index in [2.05, 4.69) is 26.2 Å². The van der Waals surface area contributed by atoms with E-state index < -0.39 is 0 Å². The first-order valence-corrected chi connectivity index (χ1v) is 6.27. The fraction of sp³-hybridized carbons (Fsp3) is 0.455. The van der Waals surface area contributed by atoms with Crippen LogP contribution in [0.1, 0.15) is 24.3 Å². The van der Waals surface area contributed by atoms with Gasteiger partial charge in [0.2, 0.25) is 5.91 Å². The molecular weight excluding hydrogens is 286 g/mol. The molecule has 0 saturated heterocycles. The molecule has 1 aromatic heterocycles. The van der Waals surface area contributed by atoms with Crippen molar-refractivity contribution in [3.05, 3.63) is 22.4 Å². The van der Waals surface area contributed by atoms with Gasteiger partial charge >= 0.3 is 0 Å². The molecule has 0 bridgehead atoms. The number of rotatable bonds is 5. The molecule has 17 heavy (non-hydrogen) atoms. The molecule has 1 aromatic rings. The van der Waals surface area contributed by atoms with Gasteiger partial charge in [-0.15, -0.1) is 0 Å². The van der Waals surface area contributed by atoms with Gasteiger partial charge in [-0.1, -0.05) is 0 Å². The predicted octanol–water partition coefficient (Wildman–Crippen LogP) is 1.38. The van der Waals surface area contributed by atoms with Crippen molar-refractivity contribution >= 4 is 27.7 Å². The Kier molecular flexibility index (Phi) is 5.21. The molecule has 1 rings (SSSR count). The maximum atomic E-state index is 11.6. The van der Waals surface area contributed by atoms with Crippen molar-refractivity contribution in [3.63, 3.8) is 0 Å². The highest BCUT2D eigenvalue weighted by Crippen LogP contribution is 2.10. The molecule has 1 heterocycles. The molecule has 2 N–H and O–H groups in total. The SMILES string of the molecule is CCN(CC)C(=O)CNC(=O)c1cc(Br)c[nH]1. The minimum atomic E-state index is -0.281. The molecule has 94 valence electrons. The Morgan fingerprint density at radius 3 is 2.53 bits per heavy atom. The number of aromatic nitrogens is 1. The number of hydrogen-bond acceptors (Lipinski definition) is 2. The van der Waals surface area contributed by atoms with Crippen molar-refractivity contribution in [2.24, 2.45) is 0 Å². The number of amides is 2. The van der Waals surface area contributed by atoms with E-state index in [1.165, 1.54) is 0 Å². The Morgan fingerprint density at radius 2 is 2.06 bits per heavy atom. The van der Waals surface area contributed by atoms with Gasteiger partial charge in [-0.2, -0.15) is 0 Å². The van der Waals surface area contributed by atoms with Crippen LogP contribution in [-0.2, 0) is 4.79 Å². The lowest BCUT2D eigenvalue weighted by Gasteiger charge is -2.18. The highest BCUT2D eigenvalue weighted by Gasteiger charge is 2.12. The van der Waals surface area contributed by atoms with Crippen molar-refractivity contribution in [1.29, 1.82) is 0 Å². The number of aromatic amines is 1. The van der Waals surface area contributed by atoms with Gasteiger partial charge < -0.3 is 15.2 Å². The number of carbonyl (C=O) groups excluding carboxylic acids is 2. The summed E-state index contributed by atoms with van der Waals surface area (Å²) in [6, 6.07) is 1.66. The van der Waals surface area contributed by atoms with Gasteiger partial charge in [0.25, 0.3) is 5.91 Å². The van der Waals surface area contributed by atoms with E-state index in [4.69, 9.17) is 0 Å². The molecule has 2 amide bonds. The van der Waals surface area contributed by atoms with Crippen LogP contribution in [0.4, 0.5) is 0 Å². The first kappa shape index (κ1) is 13.8. The van der Waals surface area contributed by atoms with Gasteiger partial charge in [-0.05, 0) is 35.8 Å². The summed E-state index contributed by atoms with van der Waals surface area (Å²) in [6.07, 6.45) is 1.67. The number of hydrogen-bond donors (Lipinski definition) is 2. The van der Waals surface area contributed by atoms with Crippen LogP contribution in [0.5, 0.6) is 0 Å². The van der Waals surface area contributed by atoms with E-state index in [1.807, 2.05) is 13.8 Å².